The minimum Gasteiger partial charge on any atom is -0.480 e. The highest BCUT2D eigenvalue weighted by molar-refractivity contribution is 5.89. The van der Waals surface area contributed by atoms with Crippen LogP contribution in [0.2, 0.25) is 0 Å². The average Bonchev–Trinajstić information content (AvgIpc) is 2.97. The number of nitrogens with zero attached hydrogens (tertiary/aromatic N) is 3. The van der Waals surface area contributed by atoms with Gasteiger partial charge >= 0.3 is 5.97 Å². The van der Waals surface area contributed by atoms with Crippen LogP contribution in [0.3, 0.4) is 0 Å². The first-order valence-electron chi connectivity index (χ1n) is 7.81. The van der Waals surface area contributed by atoms with Gasteiger partial charge in [0.25, 0.3) is 5.56 Å². The Balaban J connectivity index is 2.35. The van der Waals surface area contributed by atoms with E-state index in [-0.39, 0.29) is 11.1 Å². The quantitative estimate of drug-likeness (QED) is 0.712. The number of aromatic amines is 1. The first-order valence-corrected chi connectivity index (χ1v) is 7.81. The van der Waals surface area contributed by atoms with Crippen molar-refractivity contribution in [2.24, 2.45) is 4.99 Å². The Bertz CT molecular complexity index is 1120. The number of rotatable bonds is 4. The molecule has 0 aliphatic heterocycles. The van der Waals surface area contributed by atoms with Gasteiger partial charge in [0.05, 0.1) is 22.2 Å². The van der Waals surface area contributed by atoms with E-state index in [4.69, 9.17) is 5.11 Å². The van der Waals surface area contributed by atoms with Crippen LogP contribution in [-0.2, 0) is 4.79 Å². The average molecular weight is 336 g/mol. The van der Waals surface area contributed by atoms with Gasteiger partial charge in [-0.1, -0.05) is 19.1 Å². The lowest BCUT2D eigenvalue weighted by Gasteiger charge is -2.07. The molecule has 1 aromatic carbocycles. The van der Waals surface area contributed by atoms with Gasteiger partial charge in [-0.15, -0.1) is 0 Å². The minimum absolute atomic E-state index is 0.221. The predicted molar refractivity (Wildman–Crippen MR) is 94.3 cm³/mol. The number of aliphatic carboxylic acids is 1. The zero-order valence-electron chi connectivity index (χ0n) is 13.8. The Kier molecular flexibility index (Phi) is 4.11. The number of carboxylic acid groups (broad SMARTS) is 1. The number of H-pyrrole nitrogens is 1. The molecule has 0 radical (unpaired) electrons. The van der Waals surface area contributed by atoms with Crippen LogP contribution < -0.4 is 5.56 Å². The largest absolute Gasteiger partial charge is 0.480 e. The number of aliphatic imine (C=N–C) groups is 1. The van der Waals surface area contributed by atoms with E-state index in [1.54, 1.807) is 26.0 Å². The molecular formula is C18H16N4O3. The van der Waals surface area contributed by atoms with Crippen LogP contribution in [0.1, 0.15) is 30.0 Å². The van der Waals surface area contributed by atoms with Gasteiger partial charge < -0.3 is 10.1 Å². The summed E-state index contributed by atoms with van der Waals surface area (Å²) in [5.74, 6) is -1.05. The van der Waals surface area contributed by atoms with E-state index in [9.17, 15) is 14.9 Å². The second kappa shape index (κ2) is 6.24. The molecule has 126 valence electrons. The summed E-state index contributed by atoms with van der Waals surface area (Å²) in [7, 11) is 0. The van der Waals surface area contributed by atoms with E-state index in [2.05, 4.69) is 16.0 Å². The molecule has 0 fully saturated rings. The number of para-hydroxylation sites is 2. The van der Waals surface area contributed by atoms with Crippen molar-refractivity contribution in [2.75, 3.05) is 0 Å². The van der Waals surface area contributed by atoms with Crippen molar-refractivity contribution in [1.82, 2.24) is 9.38 Å². The topological polar surface area (TPSA) is 111 Å². The molecule has 0 saturated heterocycles. The maximum absolute atomic E-state index is 13.0. The molecule has 3 aromatic rings. The molecule has 0 saturated carbocycles. The summed E-state index contributed by atoms with van der Waals surface area (Å²) < 4.78 is 1.43. The summed E-state index contributed by atoms with van der Waals surface area (Å²) in [4.78, 5) is 31.2. The maximum atomic E-state index is 13.0. The Hall–Kier alpha value is -3.40. The van der Waals surface area contributed by atoms with Gasteiger partial charge in [0, 0.05) is 6.21 Å². The van der Waals surface area contributed by atoms with E-state index in [0.717, 1.165) is 5.52 Å². The first-order chi connectivity index (χ1) is 12.0. The monoisotopic (exact) mass is 336 g/mol. The van der Waals surface area contributed by atoms with E-state index in [0.29, 0.717) is 28.7 Å². The Morgan fingerprint density at radius 3 is 2.84 bits per heavy atom. The highest BCUT2D eigenvalue weighted by Gasteiger charge is 2.18. The SMILES string of the molecule is CC[C@@H](N=Cc1c(C)c(C#N)c2[nH]c3ccccc3n2c1=O)C(=O)O. The van der Waals surface area contributed by atoms with Crippen molar-refractivity contribution in [3.8, 4) is 6.07 Å². The number of hydrogen-bond acceptors (Lipinski definition) is 4. The fraction of sp³-hybridized carbons (Fsp3) is 0.222. The molecular weight excluding hydrogens is 320 g/mol. The van der Waals surface area contributed by atoms with Crippen LogP contribution in [0, 0.1) is 18.3 Å². The second-order valence-electron chi connectivity index (χ2n) is 5.70. The number of nitrogens with one attached hydrogen (secondary N) is 1. The van der Waals surface area contributed by atoms with Crippen LogP contribution in [0.15, 0.2) is 34.1 Å². The van der Waals surface area contributed by atoms with Gasteiger partial charge in [-0.25, -0.2) is 4.79 Å². The van der Waals surface area contributed by atoms with E-state index < -0.39 is 12.0 Å². The number of pyridine rings is 1. The van der Waals surface area contributed by atoms with Crippen LogP contribution in [0.4, 0.5) is 0 Å². The van der Waals surface area contributed by atoms with E-state index >= 15 is 0 Å². The van der Waals surface area contributed by atoms with Gasteiger partial charge in [-0.3, -0.25) is 14.2 Å². The fourth-order valence-corrected chi connectivity index (χ4v) is 2.85. The minimum atomic E-state index is -1.05. The van der Waals surface area contributed by atoms with E-state index in [1.807, 2.05) is 12.1 Å². The molecule has 1 atom stereocenters. The van der Waals surface area contributed by atoms with Crippen LogP contribution >= 0.6 is 0 Å². The van der Waals surface area contributed by atoms with E-state index in [1.165, 1.54) is 10.6 Å². The van der Waals surface area contributed by atoms with Crippen molar-refractivity contribution < 1.29 is 9.90 Å². The molecule has 3 rings (SSSR count). The fourth-order valence-electron chi connectivity index (χ4n) is 2.85. The lowest BCUT2D eigenvalue weighted by Crippen LogP contribution is -2.22. The molecule has 2 N–H and O–H groups in total. The Morgan fingerprint density at radius 1 is 1.48 bits per heavy atom. The maximum Gasteiger partial charge on any atom is 0.328 e. The number of imidazole rings is 1. The summed E-state index contributed by atoms with van der Waals surface area (Å²) in [5, 5.41) is 18.7. The van der Waals surface area contributed by atoms with Crippen molar-refractivity contribution in [2.45, 2.75) is 26.3 Å². The summed E-state index contributed by atoms with van der Waals surface area (Å²) in [6, 6.07) is 8.44. The van der Waals surface area contributed by atoms with Crippen LogP contribution in [0.5, 0.6) is 0 Å². The number of hydrogen-bond donors (Lipinski definition) is 2. The summed E-state index contributed by atoms with van der Waals surface area (Å²) in [6.07, 6.45) is 1.58. The molecule has 2 heterocycles. The second-order valence-corrected chi connectivity index (χ2v) is 5.70. The smallest absolute Gasteiger partial charge is 0.328 e. The lowest BCUT2D eigenvalue weighted by atomic mass is 10.1. The third-order valence-corrected chi connectivity index (χ3v) is 4.24. The highest BCUT2D eigenvalue weighted by Crippen LogP contribution is 2.20. The summed E-state index contributed by atoms with van der Waals surface area (Å²) in [5.41, 5.74) is 2.50. The van der Waals surface area contributed by atoms with Gasteiger partial charge in [0.1, 0.15) is 17.8 Å². The zero-order valence-corrected chi connectivity index (χ0v) is 13.8. The molecule has 0 aliphatic carbocycles. The van der Waals surface area contributed by atoms with Gasteiger partial charge in [-0.05, 0) is 31.0 Å². The van der Waals surface area contributed by atoms with Gasteiger partial charge in [0.2, 0.25) is 0 Å². The van der Waals surface area contributed by atoms with Crippen molar-refractivity contribution >= 4 is 28.9 Å². The number of aromatic nitrogens is 2. The molecule has 2 aromatic heterocycles. The zero-order chi connectivity index (χ0) is 18.1. The van der Waals surface area contributed by atoms with Gasteiger partial charge in [0.15, 0.2) is 0 Å². The molecule has 0 aliphatic rings. The van der Waals surface area contributed by atoms with Crippen molar-refractivity contribution in [3.63, 3.8) is 0 Å². The molecule has 7 heteroatoms. The molecule has 0 unspecified atom stereocenters. The normalized spacial score (nSPS) is 12.7. The van der Waals surface area contributed by atoms with Crippen LogP contribution in [0.25, 0.3) is 16.7 Å². The third kappa shape index (κ3) is 2.58. The molecule has 0 bridgehead atoms. The molecule has 0 spiro atoms. The van der Waals surface area contributed by atoms with Crippen LogP contribution in [-0.4, -0.2) is 32.7 Å². The predicted octanol–water partition coefficient (Wildman–Crippen LogP) is 2.24. The molecule has 7 nitrogen and oxygen atoms in total. The molecule has 0 amide bonds. The number of nitriles is 1. The first kappa shape index (κ1) is 16.5. The Morgan fingerprint density at radius 2 is 2.20 bits per heavy atom. The summed E-state index contributed by atoms with van der Waals surface area (Å²) >= 11 is 0. The van der Waals surface area contributed by atoms with Gasteiger partial charge in [-0.2, -0.15) is 5.26 Å². The third-order valence-electron chi connectivity index (χ3n) is 4.24. The highest BCUT2D eigenvalue weighted by atomic mass is 16.4. The Labute approximate surface area is 142 Å². The number of fused-ring (bicyclic) bond motifs is 3. The standard InChI is InChI=1S/C18H16N4O3/c1-3-13(18(24)25)20-9-12-10(2)11(8-19)16-21-14-6-4-5-7-15(14)22(16)17(12)23/h4-7,9,13,21H,3H2,1-2H3,(H,24,25)/t13-/m1/s1. The van der Waals surface area contributed by atoms with Crippen molar-refractivity contribution in [3.05, 3.63) is 51.3 Å². The number of carboxylic acids is 1. The number of benzene rings is 1. The lowest BCUT2D eigenvalue weighted by molar-refractivity contribution is -0.138. The van der Waals surface area contributed by atoms with Crippen molar-refractivity contribution in [1.29, 1.82) is 5.26 Å². The number of carbonyl (C=O) groups is 1. The molecule has 25 heavy (non-hydrogen) atoms. The summed E-state index contributed by atoms with van der Waals surface area (Å²) in [6.45, 7) is 3.37.